The molecule has 18 heavy (non-hydrogen) atoms. The maximum absolute atomic E-state index is 5.95. The van der Waals surface area contributed by atoms with Gasteiger partial charge in [-0.05, 0) is 24.6 Å². The fourth-order valence-electron chi connectivity index (χ4n) is 1.81. The van der Waals surface area contributed by atoms with E-state index in [9.17, 15) is 0 Å². The van der Waals surface area contributed by atoms with Gasteiger partial charge in [-0.1, -0.05) is 37.2 Å². The fraction of sp³-hybridized carbons (Fsp3) is 0.462. The van der Waals surface area contributed by atoms with E-state index in [0.29, 0.717) is 16.6 Å². The summed E-state index contributed by atoms with van der Waals surface area (Å²) in [5.74, 6) is 0. The number of benzene rings is 1. The van der Waals surface area contributed by atoms with Crippen LogP contribution in [0.15, 0.2) is 18.2 Å². The monoisotopic (exact) mass is 286 g/mol. The lowest BCUT2D eigenvalue weighted by Gasteiger charge is -2.20. The van der Waals surface area contributed by atoms with Crippen LogP contribution in [0.3, 0.4) is 0 Å². The van der Waals surface area contributed by atoms with Crippen LogP contribution in [0.5, 0.6) is 0 Å². The summed E-state index contributed by atoms with van der Waals surface area (Å²) < 4.78 is 5.20. The van der Waals surface area contributed by atoms with Crippen molar-refractivity contribution in [1.29, 1.82) is 0 Å². The lowest BCUT2D eigenvalue weighted by Crippen LogP contribution is -2.26. The van der Waals surface area contributed by atoms with Gasteiger partial charge in [0.05, 0.1) is 6.61 Å². The summed E-state index contributed by atoms with van der Waals surface area (Å²) in [5.41, 5.74) is 7.39. The van der Waals surface area contributed by atoms with Crippen LogP contribution >= 0.6 is 23.8 Å². The minimum atomic E-state index is 0.245. The molecule has 0 saturated heterocycles. The van der Waals surface area contributed by atoms with E-state index >= 15 is 0 Å². The Morgan fingerprint density at radius 3 is 2.83 bits per heavy atom. The lowest BCUT2D eigenvalue weighted by atomic mass is 10.1. The van der Waals surface area contributed by atoms with E-state index in [1.54, 1.807) is 13.2 Å². The molecule has 0 aliphatic rings. The van der Waals surface area contributed by atoms with E-state index in [-0.39, 0.29) is 6.04 Å². The second kappa shape index (κ2) is 7.56. The maximum atomic E-state index is 5.95. The molecule has 0 saturated carbocycles. The van der Waals surface area contributed by atoms with Crippen molar-refractivity contribution in [3.63, 3.8) is 0 Å². The number of nitrogens with two attached hydrogens (primary N) is 1. The molecule has 0 aliphatic heterocycles. The number of nitrogens with one attached hydrogen (secondary N) is 1. The Morgan fingerprint density at radius 1 is 1.56 bits per heavy atom. The van der Waals surface area contributed by atoms with E-state index in [4.69, 9.17) is 34.3 Å². The molecule has 0 heterocycles. The van der Waals surface area contributed by atoms with Crippen LogP contribution in [-0.2, 0) is 4.74 Å². The van der Waals surface area contributed by atoms with E-state index in [2.05, 4.69) is 12.2 Å². The molecule has 0 radical (unpaired) electrons. The second-order valence-corrected chi connectivity index (χ2v) is 5.02. The first-order valence-corrected chi connectivity index (χ1v) is 6.72. The van der Waals surface area contributed by atoms with Crippen molar-refractivity contribution in [2.45, 2.75) is 25.8 Å². The normalized spacial score (nSPS) is 12.2. The highest BCUT2D eigenvalue weighted by atomic mass is 35.5. The molecule has 1 aromatic carbocycles. The molecule has 100 valence electrons. The van der Waals surface area contributed by atoms with Crippen LogP contribution in [0.25, 0.3) is 0 Å². The molecule has 0 aromatic heterocycles. The molecular formula is C13H19ClN2OS. The highest BCUT2D eigenvalue weighted by Crippen LogP contribution is 2.22. The average Bonchev–Trinajstić information content (AvgIpc) is 2.32. The first-order chi connectivity index (χ1) is 8.58. The van der Waals surface area contributed by atoms with Crippen LogP contribution < -0.4 is 11.1 Å². The number of hydrogen-bond donors (Lipinski definition) is 2. The first kappa shape index (κ1) is 15.2. The second-order valence-electron chi connectivity index (χ2n) is 4.14. The number of methoxy groups -OCH3 is 1. The highest BCUT2D eigenvalue weighted by Gasteiger charge is 2.11. The Hall–Kier alpha value is -0.840. The molecule has 3 N–H and O–H groups in total. The lowest BCUT2D eigenvalue weighted by molar-refractivity contribution is 0.182. The van der Waals surface area contributed by atoms with E-state index in [1.165, 1.54) is 0 Å². The van der Waals surface area contributed by atoms with Crippen LogP contribution in [0.1, 0.15) is 25.3 Å². The predicted molar refractivity (Wildman–Crippen MR) is 81.5 cm³/mol. The van der Waals surface area contributed by atoms with Crippen LogP contribution in [0.4, 0.5) is 5.69 Å². The summed E-state index contributed by atoms with van der Waals surface area (Å²) in [6.07, 6.45) is 2.10. The van der Waals surface area contributed by atoms with Crippen molar-refractivity contribution in [3.8, 4) is 0 Å². The van der Waals surface area contributed by atoms with Gasteiger partial charge in [-0.3, -0.25) is 0 Å². The molecule has 0 fully saturated rings. The van der Waals surface area contributed by atoms with Crippen molar-refractivity contribution in [3.05, 3.63) is 28.8 Å². The van der Waals surface area contributed by atoms with Gasteiger partial charge in [-0.2, -0.15) is 0 Å². The van der Waals surface area contributed by atoms with Crippen LogP contribution in [0.2, 0.25) is 5.02 Å². The predicted octanol–water partition coefficient (Wildman–Crippen LogP) is 3.20. The molecule has 1 aromatic rings. The van der Waals surface area contributed by atoms with Crippen LogP contribution in [0, 0.1) is 0 Å². The summed E-state index contributed by atoms with van der Waals surface area (Å²) in [6, 6.07) is 5.74. The third-order valence-corrected chi connectivity index (χ3v) is 3.07. The summed E-state index contributed by atoms with van der Waals surface area (Å²) in [7, 11) is 1.70. The minimum Gasteiger partial charge on any atom is -0.389 e. The number of hydrogen-bond acceptors (Lipinski definition) is 3. The van der Waals surface area contributed by atoms with Gasteiger partial charge < -0.3 is 15.8 Å². The molecule has 0 aliphatic carbocycles. The van der Waals surface area contributed by atoms with Gasteiger partial charge in [0.25, 0.3) is 0 Å². The molecule has 0 amide bonds. The summed E-state index contributed by atoms with van der Waals surface area (Å²) in [4.78, 5) is 0.340. The van der Waals surface area contributed by atoms with Crippen molar-refractivity contribution in [2.24, 2.45) is 5.73 Å². The summed E-state index contributed by atoms with van der Waals surface area (Å²) in [6.45, 7) is 2.79. The molecule has 0 spiro atoms. The van der Waals surface area contributed by atoms with Gasteiger partial charge in [0.2, 0.25) is 0 Å². The van der Waals surface area contributed by atoms with Crippen LogP contribution in [-0.4, -0.2) is 24.7 Å². The standard InChI is InChI=1S/C13H19ClN2OS/c1-3-4-10(8-17-2)16-12-6-5-9(14)7-11(12)13(15)18/h5-7,10,16H,3-4,8H2,1-2H3,(H2,15,18). The molecule has 0 bridgehead atoms. The van der Waals surface area contributed by atoms with Gasteiger partial charge in [0.1, 0.15) is 4.99 Å². The van der Waals surface area contributed by atoms with Gasteiger partial charge >= 0.3 is 0 Å². The molecular weight excluding hydrogens is 268 g/mol. The number of halogens is 1. The zero-order valence-electron chi connectivity index (χ0n) is 10.7. The largest absolute Gasteiger partial charge is 0.389 e. The van der Waals surface area contributed by atoms with Gasteiger partial charge in [-0.25, -0.2) is 0 Å². The topological polar surface area (TPSA) is 47.3 Å². The summed E-state index contributed by atoms with van der Waals surface area (Å²) in [5, 5.41) is 4.03. The third-order valence-electron chi connectivity index (χ3n) is 2.61. The van der Waals surface area contributed by atoms with Gasteiger partial charge in [0, 0.05) is 29.4 Å². The van der Waals surface area contributed by atoms with Crippen molar-refractivity contribution < 1.29 is 4.74 Å². The Labute approximate surface area is 119 Å². The first-order valence-electron chi connectivity index (χ1n) is 5.93. The smallest absolute Gasteiger partial charge is 0.106 e. The third kappa shape index (κ3) is 4.44. The van der Waals surface area contributed by atoms with Crippen molar-refractivity contribution >= 4 is 34.5 Å². The molecule has 1 rings (SSSR count). The average molecular weight is 287 g/mol. The molecule has 1 unspecified atom stereocenters. The Balaban J connectivity index is 2.90. The Morgan fingerprint density at radius 2 is 2.28 bits per heavy atom. The van der Waals surface area contributed by atoms with E-state index in [1.807, 2.05) is 12.1 Å². The van der Waals surface area contributed by atoms with E-state index < -0.39 is 0 Å². The Kier molecular flexibility index (Phi) is 6.39. The fourth-order valence-corrected chi connectivity index (χ4v) is 2.15. The zero-order chi connectivity index (χ0) is 13.5. The highest BCUT2D eigenvalue weighted by molar-refractivity contribution is 7.80. The maximum Gasteiger partial charge on any atom is 0.106 e. The molecule has 1 atom stereocenters. The van der Waals surface area contributed by atoms with Crippen molar-refractivity contribution in [2.75, 3.05) is 19.0 Å². The summed E-state index contributed by atoms with van der Waals surface area (Å²) >= 11 is 11.0. The molecule has 5 heteroatoms. The van der Waals surface area contributed by atoms with E-state index in [0.717, 1.165) is 24.1 Å². The minimum absolute atomic E-state index is 0.245. The van der Waals surface area contributed by atoms with Gasteiger partial charge in [-0.15, -0.1) is 0 Å². The number of rotatable bonds is 7. The van der Waals surface area contributed by atoms with Gasteiger partial charge in [0.15, 0.2) is 0 Å². The number of ether oxygens (including phenoxy) is 1. The molecule has 3 nitrogen and oxygen atoms in total. The Bertz CT molecular complexity index is 406. The number of thiocarbonyl (C=S) groups is 1. The number of anilines is 1. The quantitative estimate of drug-likeness (QED) is 0.756. The SMILES string of the molecule is CCCC(COC)Nc1ccc(Cl)cc1C(N)=S. The van der Waals surface area contributed by atoms with Crippen molar-refractivity contribution in [1.82, 2.24) is 0 Å². The zero-order valence-corrected chi connectivity index (χ0v) is 12.3.